The van der Waals surface area contributed by atoms with Gasteiger partial charge in [-0.05, 0) is 7.05 Å². The smallest absolute Gasteiger partial charge is 0.210 e. The Morgan fingerprint density at radius 2 is 2.29 bits per heavy atom. The number of amidine groups is 1. The predicted molar refractivity (Wildman–Crippen MR) is 73.8 cm³/mol. The summed E-state index contributed by atoms with van der Waals surface area (Å²) in [5.74, 6) is -0.749. The molecule has 0 saturated carbocycles. The summed E-state index contributed by atoms with van der Waals surface area (Å²) in [6, 6.07) is 0. The molecule has 0 spiro atoms. The maximum absolute atomic E-state index is 10.1. The zero-order chi connectivity index (χ0) is 15.2. The van der Waals surface area contributed by atoms with Gasteiger partial charge in [0, 0.05) is 0 Å². The third-order valence-corrected chi connectivity index (χ3v) is 3.87. The van der Waals surface area contributed by atoms with Crippen molar-refractivity contribution in [1.29, 1.82) is 0 Å². The largest absolute Gasteiger partial charge is 0.394 e. The summed E-state index contributed by atoms with van der Waals surface area (Å²) in [5.41, 5.74) is 6.52. The SMILES string of the molecule is CNC1(N)N=CN=C2C1=NCN2[C@@H]1O[C@H](CO)[C@@H](O)[C@H]1O. The van der Waals surface area contributed by atoms with Crippen LogP contribution >= 0.6 is 0 Å². The summed E-state index contributed by atoms with van der Waals surface area (Å²) in [7, 11) is 1.65. The van der Waals surface area contributed by atoms with Crippen molar-refractivity contribution in [2.45, 2.75) is 30.3 Å². The van der Waals surface area contributed by atoms with Gasteiger partial charge in [-0.15, -0.1) is 0 Å². The van der Waals surface area contributed by atoms with Crippen molar-refractivity contribution in [2.75, 3.05) is 20.3 Å². The fourth-order valence-corrected chi connectivity index (χ4v) is 2.60. The standard InChI is InChI=1S/C11H18N6O4/c1-13-11(12)8-9(14-3-16-11)17(4-15-8)10-7(20)6(19)5(2-18)21-10/h3,5-7,10,13,18-20H,2,4,12H2,1H3/t5-,6-,7-,10-,11?/m1/s1. The van der Waals surface area contributed by atoms with Gasteiger partial charge in [0.15, 0.2) is 12.1 Å². The highest BCUT2D eigenvalue weighted by Gasteiger charge is 2.50. The molecule has 5 atom stereocenters. The van der Waals surface area contributed by atoms with E-state index in [0.717, 1.165) is 0 Å². The van der Waals surface area contributed by atoms with Gasteiger partial charge in [0.1, 0.15) is 37.0 Å². The molecule has 0 radical (unpaired) electrons. The van der Waals surface area contributed by atoms with Crippen LogP contribution < -0.4 is 11.1 Å². The number of aliphatic hydroxyl groups excluding tert-OH is 3. The van der Waals surface area contributed by atoms with Crippen molar-refractivity contribution in [3.63, 3.8) is 0 Å². The highest BCUT2D eigenvalue weighted by atomic mass is 16.6. The van der Waals surface area contributed by atoms with E-state index in [1.807, 2.05) is 0 Å². The maximum Gasteiger partial charge on any atom is 0.210 e. The van der Waals surface area contributed by atoms with Crippen LogP contribution in [0.15, 0.2) is 15.0 Å². The Hall–Kier alpha value is -1.43. The minimum Gasteiger partial charge on any atom is -0.394 e. The number of fused-ring (bicyclic) bond motifs is 1. The first kappa shape index (κ1) is 14.5. The second-order valence-electron chi connectivity index (χ2n) is 5.06. The minimum atomic E-state index is -1.18. The molecule has 3 heterocycles. The van der Waals surface area contributed by atoms with E-state index in [9.17, 15) is 10.2 Å². The van der Waals surface area contributed by atoms with Crippen molar-refractivity contribution in [3.8, 4) is 0 Å². The third kappa shape index (κ3) is 2.08. The summed E-state index contributed by atoms with van der Waals surface area (Å²) in [5, 5.41) is 31.9. The number of nitrogens with two attached hydrogens (primary N) is 1. The lowest BCUT2D eigenvalue weighted by molar-refractivity contribution is -0.0688. The molecule has 1 saturated heterocycles. The Morgan fingerprint density at radius 3 is 2.90 bits per heavy atom. The van der Waals surface area contributed by atoms with Gasteiger partial charge in [0.25, 0.3) is 0 Å². The number of rotatable bonds is 3. The molecule has 0 aliphatic carbocycles. The minimum absolute atomic E-state index is 0.171. The number of hydrogen-bond donors (Lipinski definition) is 5. The summed E-state index contributed by atoms with van der Waals surface area (Å²) in [6.07, 6.45) is -2.75. The predicted octanol–water partition coefficient (Wildman–Crippen LogP) is -3.59. The second-order valence-corrected chi connectivity index (χ2v) is 5.06. The van der Waals surface area contributed by atoms with E-state index in [2.05, 4.69) is 20.3 Å². The molecule has 0 bridgehead atoms. The molecule has 3 rings (SSSR count). The fraction of sp³-hybridized carbons (Fsp3) is 0.727. The molecule has 6 N–H and O–H groups in total. The van der Waals surface area contributed by atoms with Gasteiger partial charge in [-0.1, -0.05) is 0 Å². The van der Waals surface area contributed by atoms with Crippen LogP contribution in [-0.4, -0.2) is 88.8 Å². The Balaban J connectivity index is 1.85. The summed E-state index contributed by atoms with van der Waals surface area (Å²) in [6.45, 7) is -0.216. The first-order valence-electron chi connectivity index (χ1n) is 6.55. The molecule has 1 unspecified atom stereocenters. The molecular weight excluding hydrogens is 280 g/mol. The van der Waals surface area contributed by atoms with Gasteiger partial charge in [-0.3, -0.25) is 16.0 Å². The lowest BCUT2D eigenvalue weighted by Crippen LogP contribution is -2.62. The molecule has 0 aromatic carbocycles. The first-order chi connectivity index (χ1) is 10.0. The molecule has 0 aromatic rings. The van der Waals surface area contributed by atoms with E-state index >= 15 is 0 Å². The monoisotopic (exact) mass is 298 g/mol. The lowest BCUT2D eigenvalue weighted by Gasteiger charge is -2.32. The third-order valence-electron chi connectivity index (χ3n) is 3.87. The van der Waals surface area contributed by atoms with Crippen LogP contribution in [0.2, 0.25) is 0 Å². The molecule has 3 aliphatic rings. The van der Waals surface area contributed by atoms with Crippen LogP contribution in [0.4, 0.5) is 0 Å². The zero-order valence-electron chi connectivity index (χ0n) is 11.4. The van der Waals surface area contributed by atoms with Crippen LogP contribution in [0.1, 0.15) is 0 Å². The van der Waals surface area contributed by atoms with Crippen molar-refractivity contribution in [3.05, 3.63) is 0 Å². The lowest BCUT2D eigenvalue weighted by atomic mass is 10.1. The molecule has 0 aromatic heterocycles. The van der Waals surface area contributed by atoms with Crippen LogP contribution in [0, 0.1) is 0 Å². The zero-order valence-corrected chi connectivity index (χ0v) is 11.4. The number of aliphatic hydroxyl groups is 3. The Morgan fingerprint density at radius 1 is 1.52 bits per heavy atom. The summed E-state index contributed by atoms with van der Waals surface area (Å²) >= 11 is 0. The van der Waals surface area contributed by atoms with Crippen molar-refractivity contribution < 1.29 is 20.1 Å². The molecular formula is C11H18N6O4. The molecule has 10 heteroatoms. The molecule has 10 nitrogen and oxygen atoms in total. The van der Waals surface area contributed by atoms with E-state index in [1.54, 1.807) is 11.9 Å². The summed E-state index contributed by atoms with van der Waals surface area (Å²) < 4.78 is 5.49. The van der Waals surface area contributed by atoms with Crippen LogP contribution in [0.3, 0.4) is 0 Å². The quantitative estimate of drug-likeness (QED) is 0.338. The van der Waals surface area contributed by atoms with Gasteiger partial charge in [-0.2, -0.15) is 0 Å². The van der Waals surface area contributed by atoms with Crippen molar-refractivity contribution in [2.24, 2.45) is 20.7 Å². The summed E-state index contributed by atoms with van der Waals surface area (Å²) in [4.78, 5) is 14.1. The highest BCUT2D eigenvalue weighted by Crippen LogP contribution is 2.28. The Labute approximate surface area is 120 Å². The average Bonchev–Trinajstić information content (AvgIpc) is 3.03. The Kier molecular flexibility index (Phi) is 3.51. The number of ether oxygens (including phenoxy) is 1. The van der Waals surface area contributed by atoms with Crippen LogP contribution in [-0.2, 0) is 4.74 Å². The maximum atomic E-state index is 10.1. The number of aliphatic imine (C=N–C) groups is 3. The van der Waals surface area contributed by atoms with Crippen LogP contribution in [0.25, 0.3) is 0 Å². The van der Waals surface area contributed by atoms with Gasteiger partial charge >= 0.3 is 0 Å². The van der Waals surface area contributed by atoms with Crippen molar-refractivity contribution >= 4 is 17.9 Å². The Bertz CT molecular complexity index is 523. The highest BCUT2D eigenvalue weighted by molar-refractivity contribution is 6.47. The number of hydrogen-bond acceptors (Lipinski definition) is 10. The van der Waals surface area contributed by atoms with E-state index in [4.69, 9.17) is 15.6 Å². The van der Waals surface area contributed by atoms with Gasteiger partial charge in [-0.25, -0.2) is 9.98 Å². The topological polar surface area (TPSA) is 148 Å². The normalized spacial score (nSPS) is 42.0. The van der Waals surface area contributed by atoms with E-state index in [-0.39, 0.29) is 13.3 Å². The van der Waals surface area contributed by atoms with Gasteiger partial charge < -0.3 is 25.0 Å². The average molecular weight is 298 g/mol. The number of nitrogens with one attached hydrogen (secondary N) is 1. The van der Waals surface area contributed by atoms with Gasteiger partial charge in [0.2, 0.25) is 5.79 Å². The molecule has 21 heavy (non-hydrogen) atoms. The molecule has 3 aliphatic heterocycles. The first-order valence-corrected chi connectivity index (χ1v) is 6.55. The van der Waals surface area contributed by atoms with Crippen LogP contribution in [0.5, 0.6) is 0 Å². The van der Waals surface area contributed by atoms with E-state index in [0.29, 0.717) is 11.5 Å². The molecule has 0 amide bonds. The second kappa shape index (κ2) is 5.09. The van der Waals surface area contributed by atoms with E-state index < -0.39 is 30.3 Å². The molecule has 1 fully saturated rings. The number of nitrogens with zero attached hydrogens (tertiary/aromatic N) is 4. The fourth-order valence-electron chi connectivity index (χ4n) is 2.60. The molecule has 116 valence electrons. The van der Waals surface area contributed by atoms with E-state index in [1.165, 1.54) is 6.34 Å². The van der Waals surface area contributed by atoms with Gasteiger partial charge in [0.05, 0.1) is 6.61 Å². The van der Waals surface area contributed by atoms with Crippen molar-refractivity contribution in [1.82, 2.24) is 10.2 Å².